The third-order valence-electron chi connectivity index (χ3n) is 3.29. The summed E-state index contributed by atoms with van der Waals surface area (Å²) in [5.74, 6) is -0.0141. The number of halogens is 1. The molecule has 1 aliphatic rings. The highest BCUT2D eigenvalue weighted by Crippen LogP contribution is 2.29. The summed E-state index contributed by atoms with van der Waals surface area (Å²) in [6.07, 6.45) is 1.02. The summed E-state index contributed by atoms with van der Waals surface area (Å²) in [5.41, 5.74) is 1.33. The summed E-state index contributed by atoms with van der Waals surface area (Å²) >= 11 is 5.85. The highest BCUT2D eigenvalue weighted by molar-refractivity contribution is 6.32. The van der Waals surface area contributed by atoms with Crippen LogP contribution in [0.1, 0.15) is 0 Å². The molecule has 0 spiro atoms. The van der Waals surface area contributed by atoms with Crippen LogP contribution in [0.4, 0.5) is 11.4 Å². The SMILES string of the molecule is [C-]#[N+]C1C=NN(c2ccccc2)C1N=Nc1ccc(O)c(Cl)c1. The largest absolute Gasteiger partial charge is 0.506 e. The van der Waals surface area contributed by atoms with E-state index in [9.17, 15) is 5.11 Å². The first-order chi connectivity index (χ1) is 11.2. The zero-order chi connectivity index (χ0) is 16.2. The standard InChI is InChI=1S/C16H12ClN5O/c1-18-14-10-19-22(12-5-3-2-4-6-12)16(14)21-20-11-7-8-15(23)13(17)9-11/h2-10,14,16,23H. The molecule has 2 atom stereocenters. The number of hydrogen-bond donors (Lipinski definition) is 1. The molecule has 2 aromatic carbocycles. The summed E-state index contributed by atoms with van der Waals surface area (Å²) in [6.45, 7) is 7.28. The molecule has 114 valence electrons. The molecule has 23 heavy (non-hydrogen) atoms. The first-order valence-electron chi connectivity index (χ1n) is 6.83. The van der Waals surface area contributed by atoms with Crippen LogP contribution in [0.2, 0.25) is 5.02 Å². The van der Waals surface area contributed by atoms with Crippen LogP contribution < -0.4 is 5.01 Å². The average Bonchev–Trinajstić information content (AvgIpc) is 2.99. The van der Waals surface area contributed by atoms with Crippen molar-refractivity contribution >= 4 is 29.2 Å². The number of para-hydroxylation sites is 1. The van der Waals surface area contributed by atoms with Crippen LogP contribution in [0.5, 0.6) is 5.75 Å². The lowest BCUT2D eigenvalue weighted by atomic mass is 10.2. The molecule has 0 saturated carbocycles. The van der Waals surface area contributed by atoms with E-state index >= 15 is 0 Å². The van der Waals surface area contributed by atoms with E-state index in [1.807, 2.05) is 30.3 Å². The van der Waals surface area contributed by atoms with E-state index < -0.39 is 12.2 Å². The third-order valence-corrected chi connectivity index (χ3v) is 3.60. The second kappa shape index (κ2) is 6.46. The van der Waals surface area contributed by atoms with Gasteiger partial charge in [-0.05, 0) is 30.3 Å². The molecule has 0 saturated heterocycles. The van der Waals surface area contributed by atoms with Gasteiger partial charge in [0.05, 0.1) is 16.4 Å². The molecule has 1 heterocycles. The molecule has 6 nitrogen and oxygen atoms in total. The predicted octanol–water partition coefficient (Wildman–Crippen LogP) is 4.25. The Morgan fingerprint density at radius 1 is 1.22 bits per heavy atom. The molecular formula is C16H12ClN5O. The maximum atomic E-state index is 9.42. The Hall–Kier alpha value is -2.91. The Balaban J connectivity index is 1.87. The van der Waals surface area contributed by atoms with E-state index in [0.29, 0.717) is 5.69 Å². The maximum Gasteiger partial charge on any atom is 0.303 e. The number of rotatable bonds is 3. The number of nitrogens with zero attached hydrogens (tertiary/aromatic N) is 5. The van der Waals surface area contributed by atoms with Crippen LogP contribution in [-0.4, -0.2) is 23.5 Å². The lowest BCUT2D eigenvalue weighted by Gasteiger charge is -2.18. The minimum Gasteiger partial charge on any atom is -0.506 e. The van der Waals surface area contributed by atoms with Crippen molar-refractivity contribution < 1.29 is 5.11 Å². The minimum atomic E-state index is -0.539. The van der Waals surface area contributed by atoms with Crippen molar-refractivity contribution in [2.24, 2.45) is 15.3 Å². The second-order valence-corrected chi connectivity index (χ2v) is 5.24. The van der Waals surface area contributed by atoms with Gasteiger partial charge in [0.15, 0.2) is 0 Å². The highest BCUT2D eigenvalue weighted by Gasteiger charge is 2.36. The molecule has 3 rings (SSSR count). The van der Waals surface area contributed by atoms with Gasteiger partial charge in [0.2, 0.25) is 6.17 Å². The predicted molar refractivity (Wildman–Crippen MR) is 89.2 cm³/mol. The topological polar surface area (TPSA) is 64.9 Å². The number of hydrogen-bond acceptors (Lipinski definition) is 5. The Bertz CT molecular complexity index is 800. The van der Waals surface area contributed by atoms with E-state index in [4.69, 9.17) is 18.2 Å². The third kappa shape index (κ3) is 3.15. The fraction of sp³-hybridized carbons (Fsp3) is 0.125. The van der Waals surface area contributed by atoms with Crippen molar-refractivity contribution in [1.82, 2.24) is 0 Å². The number of aromatic hydroxyl groups is 1. The van der Waals surface area contributed by atoms with Gasteiger partial charge in [-0.1, -0.05) is 29.8 Å². The van der Waals surface area contributed by atoms with Crippen molar-refractivity contribution in [2.75, 3.05) is 5.01 Å². The van der Waals surface area contributed by atoms with E-state index in [-0.39, 0.29) is 10.8 Å². The Labute approximate surface area is 138 Å². The van der Waals surface area contributed by atoms with Crippen LogP contribution in [0.15, 0.2) is 63.9 Å². The zero-order valence-electron chi connectivity index (χ0n) is 11.9. The molecule has 1 N–H and O–H groups in total. The molecular weight excluding hydrogens is 314 g/mol. The molecule has 0 radical (unpaired) electrons. The molecule has 0 aliphatic carbocycles. The minimum absolute atomic E-state index is 0.0141. The number of hydrazone groups is 1. The lowest BCUT2D eigenvalue weighted by molar-refractivity contribution is 0.475. The van der Waals surface area contributed by atoms with Crippen LogP contribution in [0.3, 0.4) is 0 Å². The first kappa shape index (κ1) is 15.0. The van der Waals surface area contributed by atoms with Crippen molar-refractivity contribution in [2.45, 2.75) is 12.2 Å². The monoisotopic (exact) mass is 325 g/mol. The number of anilines is 1. The first-order valence-corrected chi connectivity index (χ1v) is 7.21. The molecule has 7 heteroatoms. The fourth-order valence-corrected chi connectivity index (χ4v) is 2.31. The Morgan fingerprint density at radius 3 is 2.70 bits per heavy atom. The molecule has 2 aromatic rings. The van der Waals surface area contributed by atoms with Crippen molar-refractivity contribution in [1.29, 1.82) is 0 Å². The average molecular weight is 326 g/mol. The normalized spacial score (nSPS) is 20.1. The molecule has 0 bridgehead atoms. The van der Waals surface area contributed by atoms with Gasteiger partial charge in [0.25, 0.3) is 0 Å². The van der Waals surface area contributed by atoms with Gasteiger partial charge >= 0.3 is 6.04 Å². The van der Waals surface area contributed by atoms with Gasteiger partial charge in [-0.15, -0.1) is 0 Å². The summed E-state index contributed by atoms with van der Waals surface area (Å²) in [7, 11) is 0. The zero-order valence-corrected chi connectivity index (χ0v) is 12.7. The van der Waals surface area contributed by atoms with E-state index in [0.717, 1.165) is 5.69 Å². The van der Waals surface area contributed by atoms with Crippen molar-refractivity contribution in [3.8, 4) is 5.75 Å². The molecule has 0 amide bonds. The number of phenols is 1. The quantitative estimate of drug-likeness (QED) is 0.677. The maximum absolute atomic E-state index is 9.42. The van der Waals surface area contributed by atoms with Crippen LogP contribution in [0, 0.1) is 6.57 Å². The van der Waals surface area contributed by atoms with Gasteiger partial charge in [-0.3, -0.25) is 0 Å². The van der Waals surface area contributed by atoms with Crippen LogP contribution >= 0.6 is 11.6 Å². The fourth-order valence-electron chi connectivity index (χ4n) is 2.13. The van der Waals surface area contributed by atoms with E-state index in [2.05, 4.69) is 20.2 Å². The number of benzene rings is 2. The van der Waals surface area contributed by atoms with Gasteiger partial charge in [0, 0.05) is 0 Å². The van der Waals surface area contributed by atoms with Gasteiger partial charge in [0.1, 0.15) is 12.0 Å². The molecule has 1 aliphatic heterocycles. The van der Waals surface area contributed by atoms with Gasteiger partial charge in [-0.2, -0.15) is 15.3 Å². The summed E-state index contributed by atoms with van der Waals surface area (Å²) in [5, 5.41) is 23.9. The lowest BCUT2D eigenvalue weighted by Crippen LogP contribution is -2.31. The van der Waals surface area contributed by atoms with Crippen molar-refractivity contribution in [3.63, 3.8) is 0 Å². The number of azo groups is 1. The smallest absolute Gasteiger partial charge is 0.303 e. The van der Waals surface area contributed by atoms with Gasteiger partial charge in [-0.25, -0.2) is 11.6 Å². The second-order valence-electron chi connectivity index (χ2n) is 4.83. The highest BCUT2D eigenvalue weighted by atomic mass is 35.5. The number of phenolic OH excluding ortho intramolecular Hbond substituents is 1. The van der Waals surface area contributed by atoms with E-state index in [1.54, 1.807) is 17.3 Å². The molecule has 0 fully saturated rings. The van der Waals surface area contributed by atoms with E-state index in [1.165, 1.54) is 12.1 Å². The molecule has 0 aromatic heterocycles. The summed E-state index contributed by atoms with van der Waals surface area (Å²) in [4.78, 5) is 3.53. The molecule has 2 unspecified atom stereocenters. The Kier molecular flexibility index (Phi) is 4.22. The summed E-state index contributed by atoms with van der Waals surface area (Å²) in [6, 6.07) is 13.5. The Morgan fingerprint density at radius 2 is 2.00 bits per heavy atom. The van der Waals surface area contributed by atoms with Crippen LogP contribution in [-0.2, 0) is 0 Å². The van der Waals surface area contributed by atoms with Crippen LogP contribution in [0.25, 0.3) is 4.85 Å². The van der Waals surface area contributed by atoms with Gasteiger partial charge < -0.3 is 9.95 Å². The van der Waals surface area contributed by atoms with Crippen molar-refractivity contribution in [3.05, 3.63) is 65.0 Å². The summed E-state index contributed by atoms with van der Waals surface area (Å²) < 4.78 is 0.